The van der Waals surface area contributed by atoms with Crippen LogP contribution in [0.1, 0.15) is 6.42 Å². The lowest BCUT2D eigenvalue weighted by atomic mass is 10.0. The van der Waals surface area contributed by atoms with Gasteiger partial charge in [-0.2, -0.15) is 5.10 Å². The lowest BCUT2D eigenvalue weighted by molar-refractivity contribution is 0.0744. The number of aryl methyl sites for hydroxylation is 1. The summed E-state index contributed by atoms with van der Waals surface area (Å²) in [4.78, 5) is 13.1. The van der Waals surface area contributed by atoms with E-state index in [1.807, 2.05) is 25.4 Å². The number of rotatable bonds is 5. The molecule has 1 aliphatic rings. The van der Waals surface area contributed by atoms with Gasteiger partial charge < -0.3 is 15.4 Å². The SMILES string of the molecule is Cn1cc(-c2cc(O[C@@H]3CCNC[C@H]3F)c3c(Nc4ccc5ncccc5c4F)ncnc3c2)cn1. The van der Waals surface area contributed by atoms with Crippen LogP contribution in [0.15, 0.2) is 61.3 Å². The summed E-state index contributed by atoms with van der Waals surface area (Å²) < 4.78 is 38.0. The number of hydrogen-bond donors (Lipinski definition) is 2. The number of nitrogens with one attached hydrogen (secondary N) is 2. The van der Waals surface area contributed by atoms with Crippen LogP contribution in [0.5, 0.6) is 5.75 Å². The van der Waals surface area contributed by atoms with Crippen LogP contribution in [0.25, 0.3) is 32.9 Å². The van der Waals surface area contributed by atoms with Crippen LogP contribution in [-0.4, -0.2) is 50.1 Å². The predicted octanol–water partition coefficient (Wildman–Crippen LogP) is 4.54. The Morgan fingerprint density at radius 1 is 1.11 bits per heavy atom. The highest BCUT2D eigenvalue weighted by atomic mass is 19.1. The van der Waals surface area contributed by atoms with Crippen LogP contribution in [0.4, 0.5) is 20.3 Å². The second kappa shape index (κ2) is 9.12. The van der Waals surface area contributed by atoms with Crippen molar-refractivity contribution in [3.8, 4) is 16.9 Å². The summed E-state index contributed by atoms with van der Waals surface area (Å²) in [6.07, 6.45) is 5.37. The first-order chi connectivity index (χ1) is 17.6. The lowest BCUT2D eigenvalue weighted by Gasteiger charge is -2.28. The highest BCUT2D eigenvalue weighted by molar-refractivity contribution is 5.99. The first-order valence-electron chi connectivity index (χ1n) is 11.7. The summed E-state index contributed by atoms with van der Waals surface area (Å²) in [6.45, 7) is 0.881. The minimum Gasteiger partial charge on any atom is -0.486 e. The molecule has 8 nitrogen and oxygen atoms in total. The molecule has 1 aliphatic heterocycles. The summed E-state index contributed by atoms with van der Waals surface area (Å²) in [5.74, 6) is 0.343. The second-order valence-corrected chi connectivity index (χ2v) is 8.78. The van der Waals surface area contributed by atoms with Crippen molar-refractivity contribution in [3.05, 3.63) is 67.1 Å². The molecule has 2 aromatic carbocycles. The summed E-state index contributed by atoms with van der Waals surface area (Å²) in [6, 6.07) is 10.4. The molecule has 1 saturated heterocycles. The molecule has 2 atom stereocenters. The fourth-order valence-corrected chi connectivity index (χ4v) is 4.51. The molecule has 0 aliphatic carbocycles. The van der Waals surface area contributed by atoms with Crippen LogP contribution in [0.3, 0.4) is 0 Å². The van der Waals surface area contributed by atoms with Gasteiger partial charge in [-0.3, -0.25) is 9.67 Å². The Hall–Kier alpha value is -4.18. The van der Waals surface area contributed by atoms with Gasteiger partial charge in [-0.15, -0.1) is 0 Å². The number of hydrogen-bond acceptors (Lipinski definition) is 7. The van der Waals surface area contributed by atoms with Gasteiger partial charge in [-0.1, -0.05) is 0 Å². The maximum Gasteiger partial charge on any atom is 0.156 e. The van der Waals surface area contributed by atoms with E-state index in [1.165, 1.54) is 6.33 Å². The topological polar surface area (TPSA) is 89.8 Å². The lowest BCUT2D eigenvalue weighted by Crippen LogP contribution is -2.44. The van der Waals surface area contributed by atoms with Gasteiger partial charge >= 0.3 is 0 Å². The third kappa shape index (κ3) is 4.09. The van der Waals surface area contributed by atoms with Gasteiger partial charge in [0.05, 0.1) is 28.3 Å². The minimum atomic E-state index is -1.16. The van der Waals surface area contributed by atoms with E-state index in [1.54, 1.807) is 41.3 Å². The van der Waals surface area contributed by atoms with Crippen molar-refractivity contribution in [1.29, 1.82) is 0 Å². The van der Waals surface area contributed by atoms with Crippen LogP contribution >= 0.6 is 0 Å². The zero-order valence-corrected chi connectivity index (χ0v) is 19.4. The van der Waals surface area contributed by atoms with E-state index < -0.39 is 18.1 Å². The fraction of sp³-hybridized carbons (Fsp3) is 0.231. The van der Waals surface area contributed by atoms with E-state index in [0.29, 0.717) is 46.3 Å². The molecular weight excluding hydrogens is 464 g/mol. The molecule has 0 amide bonds. The smallest absolute Gasteiger partial charge is 0.156 e. The van der Waals surface area contributed by atoms with Gasteiger partial charge in [0.25, 0.3) is 0 Å². The number of halogens is 2. The Balaban J connectivity index is 1.48. The van der Waals surface area contributed by atoms with Crippen LogP contribution in [0, 0.1) is 5.82 Å². The maximum atomic E-state index is 15.3. The molecule has 0 unspecified atom stereocenters. The summed E-state index contributed by atoms with van der Waals surface area (Å²) in [7, 11) is 1.84. The van der Waals surface area contributed by atoms with Gasteiger partial charge in [0, 0.05) is 36.9 Å². The molecule has 0 spiro atoms. The van der Waals surface area contributed by atoms with E-state index in [9.17, 15) is 4.39 Å². The number of anilines is 2. The van der Waals surface area contributed by atoms with Crippen molar-refractivity contribution >= 4 is 33.3 Å². The molecule has 10 heteroatoms. The zero-order chi connectivity index (χ0) is 24.6. The zero-order valence-electron chi connectivity index (χ0n) is 19.4. The Bertz CT molecular complexity index is 1570. The molecule has 0 radical (unpaired) electrons. The largest absolute Gasteiger partial charge is 0.486 e. The highest BCUT2D eigenvalue weighted by Gasteiger charge is 2.28. The molecule has 2 N–H and O–H groups in total. The third-order valence-corrected chi connectivity index (χ3v) is 6.34. The maximum absolute atomic E-state index is 15.3. The van der Waals surface area contributed by atoms with Crippen molar-refractivity contribution in [1.82, 2.24) is 30.0 Å². The van der Waals surface area contributed by atoms with Gasteiger partial charge in [0.15, 0.2) is 5.82 Å². The molecule has 0 bridgehead atoms. The molecular formula is C26H23F2N7O. The molecule has 1 fully saturated rings. The van der Waals surface area contributed by atoms with Crippen LogP contribution < -0.4 is 15.4 Å². The monoisotopic (exact) mass is 487 g/mol. The van der Waals surface area contributed by atoms with Crippen molar-refractivity contribution in [3.63, 3.8) is 0 Å². The van der Waals surface area contributed by atoms with E-state index >= 15 is 4.39 Å². The Morgan fingerprint density at radius 2 is 2.03 bits per heavy atom. The minimum absolute atomic E-state index is 0.225. The van der Waals surface area contributed by atoms with Crippen molar-refractivity contribution < 1.29 is 13.5 Å². The number of benzene rings is 2. The molecule has 3 aromatic heterocycles. The number of aromatic nitrogens is 5. The second-order valence-electron chi connectivity index (χ2n) is 8.78. The van der Waals surface area contributed by atoms with Crippen molar-refractivity contribution in [2.75, 3.05) is 18.4 Å². The quantitative estimate of drug-likeness (QED) is 0.376. The normalized spacial score (nSPS) is 18.0. The summed E-state index contributed by atoms with van der Waals surface area (Å²) in [5.41, 5.74) is 3.06. The van der Waals surface area contributed by atoms with Gasteiger partial charge in [0.1, 0.15) is 30.2 Å². The Labute approximate surface area is 205 Å². The van der Waals surface area contributed by atoms with E-state index in [2.05, 4.69) is 30.7 Å². The fourth-order valence-electron chi connectivity index (χ4n) is 4.51. The standard InChI is InChI=1S/C26H23F2N7O/c1-35-13-16(11-33-35)15-9-21-24(23(10-15)36-22-6-8-29-12-18(22)27)26(32-14-31-21)34-20-5-4-19-17(25(20)28)3-2-7-30-19/h2-5,7,9-11,13-14,18,22,29H,6,8,12H2,1H3,(H,31,32,34)/t18-,22-/m1/s1. The number of fused-ring (bicyclic) bond motifs is 2. The highest BCUT2D eigenvalue weighted by Crippen LogP contribution is 2.38. The first kappa shape index (κ1) is 22.3. The Kier molecular flexibility index (Phi) is 5.65. The third-order valence-electron chi connectivity index (χ3n) is 6.34. The number of pyridine rings is 1. The molecule has 0 saturated carbocycles. The number of alkyl halides is 1. The van der Waals surface area contributed by atoms with Crippen molar-refractivity contribution in [2.24, 2.45) is 7.05 Å². The Morgan fingerprint density at radius 3 is 2.86 bits per heavy atom. The molecule has 5 aromatic rings. The summed E-state index contributed by atoms with van der Waals surface area (Å²) in [5, 5.41) is 11.3. The van der Waals surface area contributed by atoms with E-state index in [0.717, 1.165) is 11.1 Å². The van der Waals surface area contributed by atoms with Gasteiger partial charge in [-0.25, -0.2) is 18.7 Å². The first-order valence-corrected chi connectivity index (χ1v) is 11.7. The van der Waals surface area contributed by atoms with E-state index in [4.69, 9.17) is 4.74 Å². The van der Waals surface area contributed by atoms with Crippen molar-refractivity contribution in [2.45, 2.75) is 18.7 Å². The average molecular weight is 488 g/mol. The summed E-state index contributed by atoms with van der Waals surface area (Å²) >= 11 is 0. The van der Waals surface area contributed by atoms with Crippen LogP contribution in [-0.2, 0) is 7.05 Å². The number of ether oxygens (including phenoxy) is 1. The predicted molar refractivity (Wildman–Crippen MR) is 134 cm³/mol. The number of piperidine rings is 1. The molecule has 6 rings (SSSR count). The van der Waals surface area contributed by atoms with Gasteiger partial charge in [-0.05, 0) is 54.9 Å². The van der Waals surface area contributed by atoms with E-state index in [-0.39, 0.29) is 12.2 Å². The average Bonchev–Trinajstić information content (AvgIpc) is 3.33. The van der Waals surface area contributed by atoms with Crippen LogP contribution in [0.2, 0.25) is 0 Å². The number of nitrogens with zero attached hydrogens (tertiary/aromatic N) is 5. The molecule has 182 valence electrons. The molecule has 4 heterocycles. The molecule has 36 heavy (non-hydrogen) atoms. The van der Waals surface area contributed by atoms with Gasteiger partial charge in [0.2, 0.25) is 0 Å².